The number of aromatic nitrogens is 1. The second-order valence-corrected chi connectivity index (χ2v) is 10.8. The number of benzene rings is 1. The van der Waals surface area contributed by atoms with Crippen molar-refractivity contribution < 1.29 is 19.1 Å². The van der Waals surface area contributed by atoms with Gasteiger partial charge in [0, 0.05) is 54.9 Å². The Balaban J connectivity index is 1.22. The van der Waals surface area contributed by atoms with Gasteiger partial charge in [0.25, 0.3) is 0 Å². The van der Waals surface area contributed by atoms with Crippen LogP contribution in [0.5, 0.6) is 0 Å². The van der Waals surface area contributed by atoms with Crippen LogP contribution in [0, 0.1) is 5.41 Å². The van der Waals surface area contributed by atoms with Gasteiger partial charge < -0.3 is 14.2 Å². The summed E-state index contributed by atoms with van der Waals surface area (Å²) in [6.45, 7) is 7.64. The number of nitrogens with zero attached hydrogens (tertiary/aromatic N) is 3. The van der Waals surface area contributed by atoms with E-state index in [2.05, 4.69) is 28.2 Å². The van der Waals surface area contributed by atoms with Crippen molar-refractivity contribution in [3.05, 3.63) is 30.5 Å². The van der Waals surface area contributed by atoms with E-state index in [1.807, 2.05) is 37.8 Å². The molecule has 33 heavy (non-hydrogen) atoms. The molecule has 1 aliphatic carbocycles. The van der Waals surface area contributed by atoms with Crippen molar-refractivity contribution >= 4 is 34.6 Å². The third-order valence-electron chi connectivity index (χ3n) is 7.28. The minimum atomic E-state index is -0.460. The molecule has 3 fully saturated rings. The van der Waals surface area contributed by atoms with Crippen molar-refractivity contribution in [2.45, 2.75) is 64.5 Å². The highest BCUT2D eigenvalue weighted by Crippen LogP contribution is 2.55. The molecule has 176 valence electrons. The molecule has 0 atom stereocenters. The summed E-state index contributed by atoms with van der Waals surface area (Å²) in [5, 5.41) is 3.48. The van der Waals surface area contributed by atoms with Gasteiger partial charge in [-0.2, -0.15) is 0 Å². The first-order valence-corrected chi connectivity index (χ1v) is 11.8. The third-order valence-corrected chi connectivity index (χ3v) is 7.28. The van der Waals surface area contributed by atoms with Crippen molar-refractivity contribution in [1.29, 1.82) is 0 Å². The fourth-order valence-corrected chi connectivity index (χ4v) is 5.48. The maximum atomic E-state index is 12.4. The fraction of sp³-hybridized carbons (Fsp3) is 0.560. The standard InChI is InChI=1S/C25H32N4O4/c1-24(2,3)33-23(32)27-12-8-25(9-13-27)15-19(16-25)28-10-6-17-14-18(4-5-20(17)28)29-11-7-21(30)26-22(29)31/h4-6,10,14,19H,7-9,11-13,15-16H2,1-3H3,(H,26,30,31). The number of imide groups is 1. The van der Waals surface area contributed by atoms with Gasteiger partial charge in [-0.15, -0.1) is 0 Å². The van der Waals surface area contributed by atoms with Gasteiger partial charge >= 0.3 is 12.1 Å². The van der Waals surface area contributed by atoms with Crippen molar-refractivity contribution in [2.24, 2.45) is 5.41 Å². The van der Waals surface area contributed by atoms with Crippen molar-refractivity contribution in [3.8, 4) is 0 Å². The number of anilines is 1. The van der Waals surface area contributed by atoms with Gasteiger partial charge in [-0.1, -0.05) is 0 Å². The van der Waals surface area contributed by atoms with Crippen LogP contribution in [0.1, 0.15) is 58.9 Å². The van der Waals surface area contributed by atoms with Crippen LogP contribution in [0.25, 0.3) is 10.9 Å². The molecule has 0 bridgehead atoms. The Hall–Kier alpha value is -3.03. The number of carbonyl (C=O) groups excluding carboxylic acids is 3. The molecule has 2 aliphatic heterocycles. The molecule has 1 N–H and O–H groups in total. The first kappa shape index (κ1) is 21.8. The van der Waals surface area contributed by atoms with Gasteiger partial charge in [0.2, 0.25) is 5.91 Å². The van der Waals surface area contributed by atoms with E-state index in [9.17, 15) is 14.4 Å². The van der Waals surface area contributed by atoms with E-state index in [1.165, 1.54) is 5.52 Å². The zero-order valence-corrected chi connectivity index (χ0v) is 19.6. The molecule has 1 aromatic carbocycles. The number of nitrogens with one attached hydrogen (secondary N) is 1. The number of rotatable bonds is 2. The van der Waals surface area contributed by atoms with Gasteiger partial charge in [0.05, 0.1) is 0 Å². The number of fused-ring (bicyclic) bond motifs is 1. The molecule has 2 saturated heterocycles. The Kier molecular flexibility index (Phi) is 5.14. The first-order chi connectivity index (χ1) is 15.6. The second-order valence-electron chi connectivity index (χ2n) is 10.8. The Morgan fingerprint density at radius 3 is 2.48 bits per heavy atom. The number of carbonyl (C=O) groups is 3. The predicted molar refractivity (Wildman–Crippen MR) is 125 cm³/mol. The van der Waals surface area contributed by atoms with E-state index < -0.39 is 5.60 Å². The molecule has 2 aromatic rings. The van der Waals surface area contributed by atoms with Crippen molar-refractivity contribution in [2.75, 3.05) is 24.5 Å². The number of piperidine rings is 1. The zero-order chi connectivity index (χ0) is 23.4. The average Bonchev–Trinajstić information content (AvgIpc) is 3.13. The Bertz CT molecular complexity index is 1100. The molecule has 5 rings (SSSR count). The predicted octanol–water partition coefficient (Wildman–Crippen LogP) is 4.44. The van der Waals surface area contributed by atoms with Crippen molar-refractivity contribution in [1.82, 2.24) is 14.8 Å². The highest BCUT2D eigenvalue weighted by Gasteiger charge is 2.47. The minimum Gasteiger partial charge on any atom is -0.444 e. The topological polar surface area (TPSA) is 83.9 Å². The second kappa shape index (κ2) is 7.78. The maximum absolute atomic E-state index is 12.4. The smallest absolute Gasteiger partial charge is 0.410 e. The Morgan fingerprint density at radius 1 is 1.09 bits per heavy atom. The molecule has 0 unspecified atom stereocenters. The van der Waals surface area contributed by atoms with Crippen LogP contribution in [-0.4, -0.2) is 52.7 Å². The van der Waals surface area contributed by atoms with E-state index in [-0.39, 0.29) is 18.0 Å². The van der Waals surface area contributed by atoms with E-state index >= 15 is 0 Å². The Labute approximate surface area is 193 Å². The number of ether oxygens (including phenoxy) is 1. The largest absolute Gasteiger partial charge is 0.444 e. The molecule has 0 radical (unpaired) electrons. The third kappa shape index (κ3) is 4.18. The van der Waals surface area contributed by atoms with Crippen LogP contribution in [0.2, 0.25) is 0 Å². The van der Waals surface area contributed by atoms with E-state index in [0.717, 1.165) is 49.8 Å². The summed E-state index contributed by atoms with van der Waals surface area (Å²) in [7, 11) is 0. The molecule has 8 nitrogen and oxygen atoms in total. The van der Waals surface area contributed by atoms with Gasteiger partial charge in [0.15, 0.2) is 0 Å². The van der Waals surface area contributed by atoms with Gasteiger partial charge in [-0.3, -0.25) is 15.0 Å². The maximum Gasteiger partial charge on any atom is 0.410 e. The monoisotopic (exact) mass is 452 g/mol. The lowest BCUT2D eigenvalue weighted by Gasteiger charge is -2.52. The van der Waals surface area contributed by atoms with Crippen LogP contribution < -0.4 is 10.2 Å². The van der Waals surface area contributed by atoms with Crippen LogP contribution >= 0.6 is 0 Å². The average molecular weight is 453 g/mol. The first-order valence-electron chi connectivity index (χ1n) is 11.8. The van der Waals surface area contributed by atoms with Crippen LogP contribution in [0.4, 0.5) is 15.3 Å². The summed E-state index contributed by atoms with van der Waals surface area (Å²) in [6.07, 6.45) is 6.55. The fourth-order valence-electron chi connectivity index (χ4n) is 5.48. The van der Waals surface area contributed by atoms with E-state index in [1.54, 1.807) is 4.90 Å². The van der Waals surface area contributed by atoms with Gasteiger partial charge in [-0.25, -0.2) is 9.59 Å². The molecule has 1 saturated carbocycles. The van der Waals surface area contributed by atoms with E-state index in [4.69, 9.17) is 4.74 Å². The number of urea groups is 1. The number of hydrogen-bond donors (Lipinski definition) is 1. The molecule has 8 heteroatoms. The Morgan fingerprint density at radius 2 is 1.82 bits per heavy atom. The molecular weight excluding hydrogens is 420 g/mol. The summed E-state index contributed by atoms with van der Waals surface area (Å²) >= 11 is 0. The summed E-state index contributed by atoms with van der Waals surface area (Å²) < 4.78 is 7.88. The van der Waals surface area contributed by atoms with Gasteiger partial charge in [-0.05, 0) is 76.1 Å². The van der Waals surface area contributed by atoms with Crippen LogP contribution in [-0.2, 0) is 9.53 Å². The number of hydrogen-bond acceptors (Lipinski definition) is 4. The van der Waals surface area contributed by atoms with Crippen molar-refractivity contribution in [3.63, 3.8) is 0 Å². The number of likely N-dealkylation sites (tertiary alicyclic amines) is 1. The lowest BCUT2D eigenvalue weighted by atomic mass is 9.60. The molecule has 1 spiro atoms. The van der Waals surface area contributed by atoms with Crippen LogP contribution in [0.3, 0.4) is 0 Å². The van der Waals surface area contributed by atoms with Crippen LogP contribution in [0.15, 0.2) is 30.5 Å². The molecule has 3 heterocycles. The van der Waals surface area contributed by atoms with E-state index in [0.29, 0.717) is 24.4 Å². The summed E-state index contributed by atoms with van der Waals surface area (Å²) in [4.78, 5) is 39.4. The zero-order valence-electron chi connectivity index (χ0n) is 19.6. The normalized spacial score (nSPS) is 21.3. The lowest BCUT2D eigenvalue weighted by Crippen LogP contribution is -2.50. The quantitative estimate of drug-likeness (QED) is 0.730. The summed E-state index contributed by atoms with van der Waals surface area (Å²) in [5.74, 6) is -0.223. The van der Waals surface area contributed by atoms with Gasteiger partial charge in [0.1, 0.15) is 5.60 Å². The molecule has 1 aromatic heterocycles. The highest BCUT2D eigenvalue weighted by molar-refractivity contribution is 6.06. The number of amides is 4. The summed E-state index contributed by atoms with van der Waals surface area (Å²) in [6, 6.07) is 8.25. The highest BCUT2D eigenvalue weighted by atomic mass is 16.6. The molecule has 4 amide bonds. The molecule has 3 aliphatic rings. The molecular formula is C25H32N4O4. The minimum absolute atomic E-state index is 0.202. The summed E-state index contributed by atoms with van der Waals surface area (Å²) in [5.41, 5.74) is 1.83. The SMILES string of the molecule is CC(C)(C)OC(=O)N1CCC2(CC1)CC(n1ccc3cc(N4CCC(=O)NC4=O)ccc31)C2. The lowest BCUT2D eigenvalue weighted by molar-refractivity contribution is -0.120.